The molecule has 0 aliphatic carbocycles. The van der Waals surface area contributed by atoms with Crippen molar-refractivity contribution in [2.45, 2.75) is 6.36 Å². The molecule has 4 aromatic rings. The van der Waals surface area contributed by atoms with Crippen LogP contribution in [0.5, 0.6) is 17.2 Å². The van der Waals surface area contributed by atoms with Crippen molar-refractivity contribution >= 4 is 40.3 Å². The predicted octanol–water partition coefficient (Wildman–Crippen LogP) is 6.12. The molecule has 7 nitrogen and oxygen atoms in total. The summed E-state index contributed by atoms with van der Waals surface area (Å²) in [5, 5.41) is 14.9. The molecule has 0 aromatic heterocycles. The number of carbonyl (C=O) groups excluding carboxylic acids is 2. The van der Waals surface area contributed by atoms with E-state index in [9.17, 15) is 27.9 Å². The number of hydrogen-bond acceptors (Lipinski definition) is 6. The van der Waals surface area contributed by atoms with Crippen LogP contribution in [0.3, 0.4) is 0 Å². The number of amides is 1. The molecule has 0 spiro atoms. The number of fused-ring (bicyclic) bond motifs is 1. The van der Waals surface area contributed by atoms with Crippen LogP contribution in [0.25, 0.3) is 10.8 Å². The first-order valence-corrected chi connectivity index (χ1v) is 11.3. The molecule has 4 aromatic carbocycles. The number of nitrogens with one attached hydrogen (secondary N) is 1. The molecule has 0 unspecified atom stereocenters. The Labute approximate surface area is 219 Å². The zero-order valence-corrected chi connectivity index (χ0v) is 20.1. The third-order valence-electron chi connectivity index (χ3n) is 5.27. The van der Waals surface area contributed by atoms with E-state index in [0.29, 0.717) is 16.7 Å². The van der Waals surface area contributed by atoms with Crippen molar-refractivity contribution in [2.75, 3.05) is 6.61 Å². The SMILES string of the molecule is O=C(COc1ccc(C=NNC(=O)c2ccc(O)c(Cl)c2)c2ccccc12)c1ccc(OC(F)(F)F)cc1. The highest BCUT2D eigenvalue weighted by atomic mass is 35.5. The number of rotatable bonds is 8. The quantitative estimate of drug-likeness (QED) is 0.159. The maximum atomic E-state index is 12.5. The van der Waals surface area contributed by atoms with E-state index in [1.165, 1.54) is 36.5 Å². The van der Waals surface area contributed by atoms with Gasteiger partial charge in [-0.1, -0.05) is 35.9 Å². The molecule has 0 heterocycles. The molecule has 0 saturated heterocycles. The summed E-state index contributed by atoms with van der Waals surface area (Å²) >= 11 is 5.83. The van der Waals surface area contributed by atoms with Crippen LogP contribution in [0.1, 0.15) is 26.3 Å². The first-order valence-electron chi connectivity index (χ1n) is 11.0. The summed E-state index contributed by atoms with van der Waals surface area (Å²) in [7, 11) is 0. The molecular weight excluding hydrogens is 525 g/mol. The highest BCUT2D eigenvalue weighted by Crippen LogP contribution is 2.29. The fourth-order valence-electron chi connectivity index (χ4n) is 3.48. The average molecular weight is 543 g/mol. The minimum Gasteiger partial charge on any atom is -0.506 e. The number of phenolic OH excluding ortho intramolecular Hbond substituents is 1. The lowest BCUT2D eigenvalue weighted by atomic mass is 10.0. The molecule has 0 bridgehead atoms. The van der Waals surface area contributed by atoms with Crippen LogP contribution in [0.4, 0.5) is 13.2 Å². The van der Waals surface area contributed by atoms with Crippen LogP contribution in [0.15, 0.2) is 84.0 Å². The van der Waals surface area contributed by atoms with Crippen molar-refractivity contribution in [1.82, 2.24) is 5.43 Å². The second-order valence-corrected chi connectivity index (χ2v) is 8.26. The van der Waals surface area contributed by atoms with E-state index in [0.717, 1.165) is 17.5 Å². The van der Waals surface area contributed by atoms with Gasteiger partial charge in [-0.3, -0.25) is 9.59 Å². The van der Waals surface area contributed by atoms with Crippen LogP contribution in [-0.4, -0.2) is 36.0 Å². The fraction of sp³-hybridized carbons (Fsp3) is 0.0741. The molecular formula is C27H18ClF3N2O5. The molecule has 11 heteroatoms. The Bertz CT molecular complexity index is 1520. The Balaban J connectivity index is 1.44. The molecule has 194 valence electrons. The zero-order chi connectivity index (χ0) is 27.3. The fourth-order valence-corrected chi connectivity index (χ4v) is 3.66. The highest BCUT2D eigenvalue weighted by Gasteiger charge is 2.31. The van der Waals surface area contributed by atoms with Crippen molar-refractivity contribution < 1.29 is 37.3 Å². The molecule has 0 saturated carbocycles. The van der Waals surface area contributed by atoms with Gasteiger partial charge in [0.2, 0.25) is 0 Å². The van der Waals surface area contributed by atoms with Crippen molar-refractivity contribution in [3.05, 3.63) is 101 Å². The topological polar surface area (TPSA) is 97.2 Å². The number of nitrogens with zero attached hydrogens (tertiary/aromatic N) is 1. The average Bonchev–Trinajstić information content (AvgIpc) is 2.89. The normalized spacial score (nSPS) is 11.5. The van der Waals surface area contributed by atoms with Crippen LogP contribution < -0.4 is 14.9 Å². The van der Waals surface area contributed by atoms with Gasteiger partial charge in [-0.15, -0.1) is 13.2 Å². The number of aromatic hydroxyl groups is 1. The van der Waals surface area contributed by atoms with E-state index in [1.54, 1.807) is 30.3 Å². The van der Waals surface area contributed by atoms with Gasteiger partial charge < -0.3 is 14.6 Å². The summed E-state index contributed by atoms with van der Waals surface area (Å²) in [6.45, 7) is -0.345. The van der Waals surface area contributed by atoms with Gasteiger partial charge in [-0.2, -0.15) is 5.10 Å². The van der Waals surface area contributed by atoms with E-state index in [-0.39, 0.29) is 28.5 Å². The lowest BCUT2D eigenvalue weighted by Crippen LogP contribution is -2.17. The number of ketones is 1. The number of alkyl halides is 3. The lowest BCUT2D eigenvalue weighted by Gasteiger charge is -2.11. The zero-order valence-electron chi connectivity index (χ0n) is 19.3. The van der Waals surface area contributed by atoms with Gasteiger partial charge >= 0.3 is 6.36 Å². The molecule has 0 fully saturated rings. The summed E-state index contributed by atoms with van der Waals surface area (Å²) in [6, 6.07) is 19.1. The second kappa shape index (κ2) is 11.2. The summed E-state index contributed by atoms with van der Waals surface area (Å²) in [5.74, 6) is -1.12. The van der Waals surface area contributed by atoms with Crippen molar-refractivity contribution in [2.24, 2.45) is 5.10 Å². The Morgan fingerprint density at radius 3 is 2.32 bits per heavy atom. The number of carbonyl (C=O) groups is 2. The van der Waals surface area contributed by atoms with Crippen molar-refractivity contribution in [1.29, 1.82) is 0 Å². The van der Waals surface area contributed by atoms with Gasteiger partial charge in [0.15, 0.2) is 12.4 Å². The summed E-state index contributed by atoms with van der Waals surface area (Å²) in [5.41, 5.74) is 3.43. The highest BCUT2D eigenvalue weighted by molar-refractivity contribution is 6.32. The molecule has 0 atom stereocenters. The summed E-state index contributed by atoms with van der Waals surface area (Å²) in [4.78, 5) is 24.8. The van der Waals surface area contributed by atoms with Crippen LogP contribution >= 0.6 is 11.6 Å². The molecule has 4 rings (SSSR count). The molecule has 0 aliphatic rings. The smallest absolute Gasteiger partial charge is 0.506 e. The molecule has 1 amide bonds. The first-order chi connectivity index (χ1) is 18.1. The van der Waals surface area contributed by atoms with E-state index in [2.05, 4.69) is 15.3 Å². The largest absolute Gasteiger partial charge is 0.573 e. The number of halogens is 4. The van der Waals surface area contributed by atoms with Gasteiger partial charge in [0, 0.05) is 22.1 Å². The molecule has 2 N–H and O–H groups in total. The third kappa shape index (κ3) is 6.60. The van der Waals surface area contributed by atoms with E-state index >= 15 is 0 Å². The monoisotopic (exact) mass is 542 g/mol. The van der Waals surface area contributed by atoms with Crippen LogP contribution in [-0.2, 0) is 0 Å². The Kier molecular flexibility index (Phi) is 7.82. The molecule has 0 radical (unpaired) electrons. The van der Waals surface area contributed by atoms with Gasteiger partial charge in [0.1, 0.15) is 17.2 Å². The minimum atomic E-state index is -4.82. The predicted molar refractivity (Wildman–Crippen MR) is 135 cm³/mol. The van der Waals surface area contributed by atoms with Crippen LogP contribution in [0.2, 0.25) is 5.02 Å². The van der Waals surface area contributed by atoms with Gasteiger partial charge in [0.05, 0.1) is 11.2 Å². The molecule has 0 aliphatic heterocycles. The number of ether oxygens (including phenoxy) is 2. The maximum Gasteiger partial charge on any atom is 0.573 e. The Hall–Kier alpha value is -4.57. The summed E-state index contributed by atoms with van der Waals surface area (Å²) < 4.78 is 46.5. The van der Waals surface area contributed by atoms with Gasteiger partial charge in [-0.05, 0) is 60.0 Å². The van der Waals surface area contributed by atoms with Crippen molar-refractivity contribution in [3.63, 3.8) is 0 Å². The Morgan fingerprint density at radius 2 is 1.63 bits per heavy atom. The van der Waals surface area contributed by atoms with Gasteiger partial charge in [0.25, 0.3) is 5.91 Å². The standard InChI is InChI=1S/C27H18ClF3N2O5/c28-22-13-17(7-11-23(22)34)26(36)33-32-14-18-8-12-25(21-4-2-1-3-20(18)21)37-15-24(35)16-5-9-19(10-6-16)38-27(29,30)31/h1-14,34H,15H2,(H,33,36). The number of Topliss-reactive ketones (excluding diaryl/α,β-unsaturated/α-hetero) is 1. The van der Waals surface area contributed by atoms with Crippen molar-refractivity contribution in [3.8, 4) is 17.2 Å². The number of phenols is 1. The third-order valence-corrected chi connectivity index (χ3v) is 5.57. The number of hydrazone groups is 1. The Morgan fingerprint density at radius 1 is 0.947 bits per heavy atom. The second-order valence-electron chi connectivity index (χ2n) is 7.85. The summed E-state index contributed by atoms with van der Waals surface area (Å²) in [6.07, 6.45) is -3.37. The minimum absolute atomic E-state index is 0.0363. The van der Waals surface area contributed by atoms with E-state index < -0.39 is 23.8 Å². The number of benzene rings is 4. The first kappa shape index (κ1) is 26.5. The van der Waals surface area contributed by atoms with E-state index in [1.807, 2.05) is 6.07 Å². The van der Waals surface area contributed by atoms with E-state index in [4.69, 9.17) is 16.3 Å². The maximum absolute atomic E-state index is 12.5. The lowest BCUT2D eigenvalue weighted by molar-refractivity contribution is -0.274. The number of hydrogen-bond donors (Lipinski definition) is 2. The van der Waals surface area contributed by atoms with Gasteiger partial charge in [-0.25, -0.2) is 5.43 Å². The van der Waals surface area contributed by atoms with Crippen LogP contribution in [0, 0.1) is 0 Å². The molecule has 38 heavy (non-hydrogen) atoms.